The molecule has 2 aliphatic heterocycles. The fraction of sp³-hybridized carbons (Fsp3) is 0.714. The first-order valence-electron chi connectivity index (χ1n) is 3.76. The number of carbonyl (C=O) groups is 1. The molecule has 0 radical (unpaired) electrons. The number of nitrogens with zero attached hydrogens (tertiary/aromatic N) is 1. The number of aliphatic imine (C=N–C) groups is 1. The van der Waals surface area contributed by atoms with E-state index in [0.717, 1.165) is 12.8 Å². The predicted octanol–water partition coefficient (Wildman–Crippen LogP) is -0.306. The van der Waals surface area contributed by atoms with Crippen LogP contribution >= 0.6 is 0 Å². The van der Waals surface area contributed by atoms with Crippen LogP contribution in [0.5, 0.6) is 0 Å². The summed E-state index contributed by atoms with van der Waals surface area (Å²) in [6, 6.07) is 0. The summed E-state index contributed by atoms with van der Waals surface area (Å²) in [7, 11) is 0. The zero-order valence-corrected chi connectivity index (χ0v) is 6.17. The molecule has 11 heavy (non-hydrogen) atoms. The molecule has 0 saturated carbocycles. The smallest absolute Gasteiger partial charge is 0.253 e. The summed E-state index contributed by atoms with van der Waals surface area (Å²) < 4.78 is 5.15. The van der Waals surface area contributed by atoms with Crippen molar-refractivity contribution in [2.45, 2.75) is 18.4 Å². The highest BCUT2D eigenvalue weighted by Gasteiger charge is 2.41. The summed E-state index contributed by atoms with van der Waals surface area (Å²) in [4.78, 5) is 15.4. The van der Waals surface area contributed by atoms with Crippen molar-refractivity contribution in [2.24, 2.45) is 4.99 Å². The number of rotatable bonds is 0. The zero-order valence-electron chi connectivity index (χ0n) is 6.17. The molecule has 2 heterocycles. The molecule has 1 saturated heterocycles. The molecule has 4 heteroatoms. The molecule has 2 rings (SSSR count). The summed E-state index contributed by atoms with van der Waals surface area (Å²) in [6.07, 6.45) is 2.93. The van der Waals surface area contributed by atoms with E-state index in [9.17, 15) is 4.79 Å². The molecule has 0 atom stereocenters. The average molecular weight is 154 g/mol. The van der Waals surface area contributed by atoms with Crippen LogP contribution in [0.2, 0.25) is 0 Å². The average Bonchev–Trinajstić information content (AvgIpc) is 2.36. The normalized spacial score (nSPS) is 27.5. The summed E-state index contributed by atoms with van der Waals surface area (Å²) in [6.45, 7) is 1.29. The van der Waals surface area contributed by atoms with Crippen LogP contribution in [0.1, 0.15) is 12.8 Å². The van der Waals surface area contributed by atoms with Crippen LogP contribution in [0, 0.1) is 0 Å². The molecule has 1 amide bonds. The first-order chi connectivity index (χ1) is 5.33. The van der Waals surface area contributed by atoms with Gasteiger partial charge in [0.15, 0.2) is 0 Å². The maximum atomic E-state index is 11.3. The number of nitrogens with one attached hydrogen (secondary N) is 1. The van der Waals surface area contributed by atoms with Crippen LogP contribution in [-0.4, -0.2) is 31.0 Å². The van der Waals surface area contributed by atoms with Crippen LogP contribution in [0.3, 0.4) is 0 Å². The molecule has 4 nitrogen and oxygen atoms in total. The van der Waals surface area contributed by atoms with Crippen molar-refractivity contribution in [1.82, 2.24) is 5.32 Å². The van der Waals surface area contributed by atoms with Gasteiger partial charge in [0.1, 0.15) is 5.54 Å². The molecule has 2 aliphatic rings. The van der Waals surface area contributed by atoms with E-state index >= 15 is 0 Å². The molecule has 0 aromatic rings. The fourth-order valence-electron chi connectivity index (χ4n) is 1.47. The van der Waals surface area contributed by atoms with Gasteiger partial charge >= 0.3 is 0 Å². The van der Waals surface area contributed by atoms with E-state index in [1.807, 2.05) is 0 Å². The lowest BCUT2D eigenvalue weighted by Crippen LogP contribution is -2.43. The number of carbonyl (C=O) groups excluding carboxylic acids is 1. The van der Waals surface area contributed by atoms with Gasteiger partial charge in [-0.25, -0.2) is 0 Å². The van der Waals surface area contributed by atoms with Crippen molar-refractivity contribution >= 4 is 12.2 Å². The summed E-state index contributed by atoms with van der Waals surface area (Å²) in [5, 5.41) is 2.59. The Hall–Kier alpha value is -0.900. The van der Waals surface area contributed by atoms with Crippen molar-refractivity contribution < 1.29 is 9.53 Å². The maximum Gasteiger partial charge on any atom is 0.253 e. The Balaban J connectivity index is 2.18. The zero-order chi connectivity index (χ0) is 7.73. The van der Waals surface area contributed by atoms with Gasteiger partial charge < -0.3 is 10.1 Å². The largest absolute Gasteiger partial charge is 0.381 e. The summed E-state index contributed by atoms with van der Waals surface area (Å²) in [5.74, 6) is 0.0285. The van der Waals surface area contributed by atoms with Gasteiger partial charge in [0.25, 0.3) is 5.91 Å². The van der Waals surface area contributed by atoms with Crippen molar-refractivity contribution in [3.8, 4) is 0 Å². The third-order valence-corrected chi connectivity index (χ3v) is 2.25. The van der Waals surface area contributed by atoms with Gasteiger partial charge in [0.2, 0.25) is 0 Å². The summed E-state index contributed by atoms with van der Waals surface area (Å²) in [5.41, 5.74) is -0.474. The Morgan fingerprint density at radius 1 is 1.55 bits per heavy atom. The van der Waals surface area contributed by atoms with E-state index in [0.29, 0.717) is 13.2 Å². The van der Waals surface area contributed by atoms with Crippen molar-refractivity contribution in [3.05, 3.63) is 0 Å². The van der Waals surface area contributed by atoms with E-state index in [4.69, 9.17) is 4.74 Å². The standard InChI is InChI=1S/C7H10N2O2/c10-6-7(9-5-8-6)1-3-11-4-2-7/h5H,1-4H2,(H,8,9,10). The number of hydrogen-bond donors (Lipinski definition) is 1. The molecule has 0 aromatic heterocycles. The van der Waals surface area contributed by atoms with Crippen molar-refractivity contribution in [2.75, 3.05) is 13.2 Å². The van der Waals surface area contributed by atoms with Gasteiger partial charge in [-0.15, -0.1) is 0 Å². The van der Waals surface area contributed by atoms with Crippen molar-refractivity contribution in [3.63, 3.8) is 0 Å². The molecule has 0 unspecified atom stereocenters. The first-order valence-corrected chi connectivity index (χ1v) is 3.76. The Morgan fingerprint density at radius 2 is 2.27 bits per heavy atom. The number of ether oxygens (including phenoxy) is 1. The second-order valence-corrected chi connectivity index (χ2v) is 2.88. The highest BCUT2D eigenvalue weighted by atomic mass is 16.5. The van der Waals surface area contributed by atoms with E-state index in [-0.39, 0.29) is 5.91 Å². The van der Waals surface area contributed by atoms with E-state index in [1.54, 1.807) is 0 Å². The monoisotopic (exact) mass is 154 g/mol. The molecule has 1 fully saturated rings. The van der Waals surface area contributed by atoms with Gasteiger partial charge in [0, 0.05) is 26.1 Å². The molecule has 1 N–H and O–H groups in total. The molecular weight excluding hydrogens is 144 g/mol. The molecule has 0 aliphatic carbocycles. The predicted molar refractivity (Wildman–Crippen MR) is 39.4 cm³/mol. The van der Waals surface area contributed by atoms with Gasteiger partial charge in [-0.3, -0.25) is 9.79 Å². The molecular formula is C7H10N2O2. The van der Waals surface area contributed by atoms with Gasteiger partial charge in [-0.2, -0.15) is 0 Å². The summed E-state index contributed by atoms with van der Waals surface area (Å²) >= 11 is 0. The van der Waals surface area contributed by atoms with Crippen LogP contribution in [0.4, 0.5) is 0 Å². The maximum absolute atomic E-state index is 11.3. The van der Waals surface area contributed by atoms with Crippen LogP contribution in [-0.2, 0) is 9.53 Å². The third-order valence-electron chi connectivity index (χ3n) is 2.25. The molecule has 1 spiro atoms. The SMILES string of the molecule is O=C1NC=NC12CCOCC2. The lowest BCUT2D eigenvalue weighted by molar-refractivity contribution is -0.126. The minimum Gasteiger partial charge on any atom is -0.381 e. The topological polar surface area (TPSA) is 50.7 Å². The Bertz CT molecular complexity index is 206. The van der Waals surface area contributed by atoms with Crippen LogP contribution in [0.15, 0.2) is 4.99 Å². The molecule has 60 valence electrons. The number of hydrogen-bond acceptors (Lipinski definition) is 3. The third kappa shape index (κ3) is 0.939. The fourth-order valence-corrected chi connectivity index (χ4v) is 1.47. The van der Waals surface area contributed by atoms with E-state index < -0.39 is 5.54 Å². The van der Waals surface area contributed by atoms with Gasteiger partial charge in [0.05, 0.1) is 6.34 Å². The lowest BCUT2D eigenvalue weighted by Gasteiger charge is -2.27. The van der Waals surface area contributed by atoms with Crippen LogP contribution in [0.25, 0.3) is 0 Å². The number of amides is 1. The Kier molecular flexibility index (Phi) is 1.42. The first kappa shape index (κ1) is 6.79. The lowest BCUT2D eigenvalue weighted by atomic mass is 9.91. The second kappa shape index (κ2) is 2.30. The quantitative estimate of drug-likeness (QED) is 0.520. The Labute approximate surface area is 64.6 Å². The minimum absolute atomic E-state index is 0.0285. The molecule has 0 aromatic carbocycles. The van der Waals surface area contributed by atoms with E-state index in [1.165, 1.54) is 6.34 Å². The van der Waals surface area contributed by atoms with Crippen molar-refractivity contribution in [1.29, 1.82) is 0 Å². The second-order valence-electron chi connectivity index (χ2n) is 2.88. The highest BCUT2D eigenvalue weighted by Crippen LogP contribution is 2.26. The van der Waals surface area contributed by atoms with Gasteiger partial charge in [-0.05, 0) is 0 Å². The van der Waals surface area contributed by atoms with Crippen LogP contribution < -0.4 is 5.32 Å². The minimum atomic E-state index is -0.474. The van der Waals surface area contributed by atoms with E-state index in [2.05, 4.69) is 10.3 Å². The van der Waals surface area contributed by atoms with Gasteiger partial charge in [-0.1, -0.05) is 0 Å². The highest BCUT2D eigenvalue weighted by molar-refractivity contribution is 5.99. The Morgan fingerprint density at radius 3 is 2.82 bits per heavy atom. The molecule has 0 bridgehead atoms.